The largest absolute Gasteiger partial charge is 0.394 e. The van der Waals surface area contributed by atoms with Crippen LogP contribution in [0.2, 0.25) is 0 Å². The summed E-state index contributed by atoms with van der Waals surface area (Å²) in [7, 11) is -3.93. The van der Waals surface area contributed by atoms with Gasteiger partial charge in [-0.05, 0) is 28.7 Å². The molecule has 0 heterocycles. The fraction of sp³-hybridized carbons (Fsp3) is 0.350. The van der Waals surface area contributed by atoms with E-state index in [1.165, 1.54) is 12.1 Å². The van der Waals surface area contributed by atoms with Crippen LogP contribution in [0.1, 0.15) is 31.9 Å². The molecule has 0 spiro atoms. The minimum Gasteiger partial charge on any atom is -0.394 e. The van der Waals surface area contributed by atoms with Gasteiger partial charge in [0.15, 0.2) is 0 Å². The Bertz CT molecular complexity index is 857. The third kappa shape index (κ3) is 5.89. The van der Waals surface area contributed by atoms with Crippen LogP contribution < -0.4 is 10.0 Å². The molecule has 2 aromatic carbocycles. The first-order valence-corrected chi connectivity index (χ1v) is 10.2. The number of nitrogens with one attached hydrogen (secondary N) is 2. The average molecular weight is 391 g/mol. The highest BCUT2D eigenvalue weighted by Gasteiger charge is 2.25. The molecule has 2 rings (SSSR count). The number of carbonyl (C=O) groups is 1. The van der Waals surface area contributed by atoms with E-state index in [2.05, 4.69) is 10.0 Å². The van der Waals surface area contributed by atoms with Gasteiger partial charge in [0.05, 0.1) is 11.5 Å². The van der Waals surface area contributed by atoms with Crippen molar-refractivity contribution in [2.75, 3.05) is 6.61 Å². The van der Waals surface area contributed by atoms with E-state index in [-0.39, 0.29) is 16.9 Å². The quantitative estimate of drug-likeness (QED) is 0.673. The lowest BCUT2D eigenvalue weighted by Gasteiger charge is -2.20. The highest BCUT2D eigenvalue weighted by atomic mass is 32.2. The molecule has 0 aliphatic heterocycles. The van der Waals surface area contributed by atoms with Crippen molar-refractivity contribution in [1.29, 1.82) is 0 Å². The zero-order valence-corrected chi connectivity index (χ0v) is 16.6. The molecule has 6 nitrogen and oxygen atoms in total. The van der Waals surface area contributed by atoms with Crippen molar-refractivity contribution in [3.8, 4) is 0 Å². The van der Waals surface area contributed by atoms with Crippen molar-refractivity contribution >= 4 is 15.9 Å². The summed E-state index contributed by atoms with van der Waals surface area (Å²) in [6, 6.07) is 14.5. The Morgan fingerprint density at radius 1 is 1.04 bits per heavy atom. The number of carbonyl (C=O) groups excluding carboxylic acids is 1. The third-order valence-electron chi connectivity index (χ3n) is 4.14. The van der Waals surface area contributed by atoms with Gasteiger partial charge in [-0.1, -0.05) is 63.2 Å². The minimum atomic E-state index is -3.93. The van der Waals surface area contributed by atoms with Crippen molar-refractivity contribution in [2.24, 2.45) is 0 Å². The number of hydrogen-bond acceptors (Lipinski definition) is 4. The van der Waals surface area contributed by atoms with Crippen molar-refractivity contribution in [1.82, 2.24) is 10.0 Å². The zero-order chi connectivity index (χ0) is 20.1. The summed E-state index contributed by atoms with van der Waals surface area (Å²) in [6.45, 7) is 5.72. The van der Waals surface area contributed by atoms with E-state index >= 15 is 0 Å². The molecule has 2 aromatic rings. The topological polar surface area (TPSA) is 95.5 Å². The Labute approximate surface area is 160 Å². The lowest BCUT2D eigenvalue weighted by molar-refractivity contribution is -0.123. The molecular formula is C20H26N2O4S. The van der Waals surface area contributed by atoms with Gasteiger partial charge in [0.1, 0.15) is 6.04 Å². The van der Waals surface area contributed by atoms with Gasteiger partial charge < -0.3 is 10.4 Å². The van der Waals surface area contributed by atoms with Crippen LogP contribution >= 0.6 is 0 Å². The molecule has 7 heteroatoms. The maximum Gasteiger partial charge on any atom is 0.241 e. The maximum atomic E-state index is 12.5. The molecule has 27 heavy (non-hydrogen) atoms. The molecular weight excluding hydrogens is 364 g/mol. The molecule has 0 radical (unpaired) electrons. The van der Waals surface area contributed by atoms with Gasteiger partial charge in [-0.15, -0.1) is 0 Å². The molecule has 1 amide bonds. The summed E-state index contributed by atoms with van der Waals surface area (Å²) >= 11 is 0. The van der Waals surface area contributed by atoms with Crippen LogP contribution in [0.3, 0.4) is 0 Å². The van der Waals surface area contributed by atoms with Crippen molar-refractivity contribution in [3.63, 3.8) is 0 Å². The summed E-state index contributed by atoms with van der Waals surface area (Å²) in [5.74, 6) is -0.587. The number of sulfonamides is 1. The molecule has 0 aliphatic rings. The van der Waals surface area contributed by atoms with Crippen LogP contribution in [0.5, 0.6) is 0 Å². The van der Waals surface area contributed by atoms with E-state index < -0.39 is 28.6 Å². The van der Waals surface area contributed by atoms with E-state index in [0.717, 1.165) is 11.1 Å². The van der Waals surface area contributed by atoms with Crippen LogP contribution in [0.4, 0.5) is 0 Å². The third-order valence-corrected chi connectivity index (χ3v) is 5.62. The van der Waals surface area contributed by atoms with Crippen LogP contribution in [-0.4, -0.2) is 32.1 Å². The normalized spacial score (nSPS) is 13.2. The molecule has 3 N–H and O–H groups in total. The lowest BCUT2D eigenvalue weighted by atomic mass is 9.87. The second-order valence-corrected chi connectivity index (χ2v) is 9.05. The summed E-state index contributed by atoms with van der Waals surface area (Å²) in [6.07, 6.45) is 0. The second kappa shape index (κ2) is 8.65. The first kappa shape index (κ1) is 21.1. The van der Waals surface area contributed by atoms with Gasteiger partial charge in [-0.25, -0.2) is 8.42 Å². The Balaban J connectivity index is 2.06. The van der Waals surface area contributed by atoms with E-state index in [9.17, 15) is 18.3 Å². The molecule has 1 atom stereocenters. The van der Waals surface area contributed by atoms with Crippen LogP contribution in [0, 0.1) is 0 Å². The predicted octanol–water partition coefficient (Wildman–Crippen LogP) is 1.94. The van der Waals surface area contributed by atoms with Gasteiger partial charge in [-0.2, -0.15) is 4.72 Å². The standard InChI is InChI=1S/C20H26N2O4S/c1-20(2,3)16-9-11-17(12-10-16)27(25,26)22-18(14-23)19(24)21-13-15-7-5-4-6-8-15/h4-12,18,22-23H,13-14H2,1-3H3,(H,21,24). The molecule has 1 unspecified atom stereocenters. The minimum absolute atomic E-state index is 0.0461. The first-order valence-electron chi connectivity index (χ1n) is 8.69. The van der Waals surface area contributed by atoms with Crippen molar-refractivity contribution in [2.45, 2.75) is 43.7 Å². The Morgan fingerprint density at radius 2 is 1.63 bits per heavy atom. The SMILES string of the molecule is CC(C)(C)c1ccc(S(=O)(=O)NC(CO)C(=O)NCc2ccccc2)cc1. The number of rotatable bonds is 7. The number of aliphatic hydroxyl groups is 1. The molecule has 0 fully saturated rings. The molecule has 0 saturated heterocycles. The Morgan fingerprint density at radius 3 is 2.15 bits per heavy atom. The van der Waals surface area contributed by atoms with Gasteiger partial charge in [0.2, 0.25) is 15.9 Å². The summed E-state index contributed by atoms with van der Waals surface area (Å²) in [4.78, 5) is 12.3. The van der Waals surface area contributed by atoms with E-state index in [1.807, 2.05) is 51.1 Å². The van der Waals surface area contributed by atoms with Crippen LogP contribution in [0.15, 0.2) is 59.5 Å². The van der Waals surface area contributed by atoms with Crippen molar-refractivity contribution in [3.05, 3.63) is 65.7 Å². The maximum absolute atomic E-state index is 12.5. The number of aliphatic hydroxyl groups excluding tert-OH is 1. The Kier molecular flexibility index (Phi) is 6.75. The number of benzene rings is 2. The predicted molar refractivity (Wildman–Crippen MR) is 105 cm³/mol. The Hall–Kier alpha value is -2.22. The highest BCUT2D eigenvalue weighted by molar-refractivity contribution is 7.89. The van der Waals surface area contributed by atoms with E-state index in [1.54, 1.807) is 12.1 Å². The van der Waals surface area contributed by atoms with Gasteiger partial charge in [-0.3, -0.25) is 4.79 Å². The van der Waals surface area contributed by atoms with E-state index in [4.69, 9.17) is 0 Å². The van der Waals surface area contributed by atoms with Gasteiger partial charge >= 0.3 is 0 Å². The fourth-order valence-electron chi connectivity index (χ4n) is 2.47. The van der Waals surface area contributed by atoms with E-state index in [0.29, 0.717) is 0 Å². The first-order chi connectivity index (χ1) is 12.6. The van der Waals surface area contributed by atoms with Crippen LogP contribution in [0.25, 0.3) is 0 Å². The number of hydrogen-bond donors (Lipinski definition) is 3. The molecule has 0 bridgehead atoms. The summed E-state index contributed by atoms with van der Waals surface area (Å²) < 4.78 is 27.3. The molecule has 0 aromatic heterocycles. The van der Waals surface area contributed by atoms with Crippen LogP contribution in [-0.2, 0) is 26.8 Å². The second-order valence-electron chi connectivity index (χ2n) is 7.33. The number of amides is 1. The lowest BCUT2D eigenvalue weighted by Crippen LogP contribution is -2.48. The van der Waals surface area contributed by atoms with Crippen molar-refractivity contribution < 1.29 is 18.3 Å². The fourth-order valence-corrected chi connectivity index (χ4v) is 3.66. The molecule has 146 valence electrons. The molecule has 0 aliphatic carbocycles. The summed E-state index contributed by atoms with van der Waals surface area (Å²) in [5.41, 5.74) is 1.78. The average Bonchev–Trinajstić information content (AvgIpc) is 2.64. The summed E-state index contributed by atoms with van der Waals surface area (Å²) in [5, 5.41) is 12.1. The zero-order valence-electron chi connectivity index (χ0n) is 15.8. The van der Waals surface area contributed by atoms with Gasteiger partial charge in [0.25, 0.3) is 0 Å². The smallest absolute Gasteiger partial charge is 0.241 e. The highest BCUT2D eigenvalue weighted by Crippen LogP contribution is 2.23. The monoisotopic (exact) mass is 390 g/mol. The van der Waals surface area contributed by atoms with Gasteiger partial charge in [0, 0.05) is 6.54 Å². The molecule has 0 saturated carbocycles.